The fraction of sp³-hybridized carbons (Fsp3) is 0.357. The van der Waals surface area contributed by atoms with Gasteiger partial charge in [-0.15, -0.1) is 0 Å². The van der Waals surface area contributed by atoms with Crippen LogP contribution in [-0.4, -0.2) is 36.6 Å². The van der Waals surface area contributed by atoms with Crippen molar-refractivity contribution in [3.8, 4) is 0 Å². The van der Waals surface area contributed by atoms with Crippen molar-refractivity contribution in [2.24, 2.45) is 0 Å². The fourth-order valence-electron chi connectivity index (χ4n) is 1.89. The van der Waals surface area contributed by atoms with Gasteiger partial charge in [0, 0.05) is 30.4 Å². The lowest BCUT2D eigenvalue weighted by molar-refractivity contribution is 0.367. The molecule has 0 saturated heterocycles. The molecule has 2 aromatic rings. The van der Waals surface area contributed by atoms with Crippen LogP contribution in [0, 0.1) is 0 Å². The molecular formula is C14H20N4. The normalized spacial score (nSPS) is 11.1. The van der Waals surface area contributed by atoms with E-state index in [1.807, 2.05) is 24.3 Å². The quantitative estimate of drug-likeness (QED) is 0.792. The summed E-state index contributed by atoms with van der Waals surface area (Å²) in [6, 6.07) is 7.88. The third kappa shape index (κ3) is 2.71. The molecule has 0 aliphatic rings. The lowest BCUT2D eigenvalue weighted by atomic mass is 10.1. The molecule has 0 aliphatic heterocycles. The minimum absolute atomic E-state index is 0.724. The van der Waals surface area contributed by atoms with E-state index in [0.717, 1.165) is 41.9 Å². The van der Waals surface area contributed by atoms with Gasteiger partial charge >= 0.3 is 0 Å². The van der Waals surface area contributed by atoms with Gasteiger partial charge in [-0.1, -0.05) is 19.1 Å². The highest BCUT2D eigenvalue weighted by atomic mass is 15.1. The van der Waals surface area contributed by atoms with Crippen molar-refractivity contribution in [2.45, 2.75) is 6.92 Å². The van der Waals surface area contributed by atoms with E-state index in [9.17, 15) is 0 Å². The first-order chi connectivity index (χ1) is 8.72. The van der Waals surface area contributed by atoms with E-state index >= 15 is 0 Å². The summed E-state index contributed by atoms with van der Waals surface area (Å²) >= 11 is 0. The highest BCUT2D eigenvalue weighted by molar-refractivity contribution is 5.97. The van der Waals surface area contributed by atoms with Crippen LogP contribution in [0.3, 0.4) is 0 Å². The van der Waals surface area contributed by atoms with E-state index in [1.165, 1.54) is 0 Å². The fourth-order valence-corrected chi connectivity index (χ4v) is 1.89. The first-order valence-electron chi connectivity index (χ1n) is 6.28. The molecule has 0 fully saturated rings. The molecule has 1 aromatic heterocycles. The van der Waals surface area contributed by atoms with Crippen LogP contribution < -0.4 is 11.1 Å². The zero-order valence-corrected chi connectivity index (χ0v) is 11.0. The van der Waals surface area contributed by atoms with Crippen molar-refractivity contribution in [1.29, 1.82) is 0 Å². The van der Waals surface area contributed by atoms with E-state index in [4.69, 9.17) is 5.73 Å². The average molecular weight is 244 g/mol. The van der Waals surface area contributed by atoms with Crippen LogP contribution in [0.25, 0.3) is 10.9 Å². The standard InChI is InChI=1S/C14H20N4/c1-3-18(2)10-9-16-13-7-8-17-14-11(13)5-4-6-12(14)15/h4-8H,3,9-10,15H2,1-2H3,(H,16,17). The molecule has 4 nitrogen and oxygen atoms in total. The summed E-state index contributed by atoms with van der Waals surface area (Å²) in [5.41, 5.74) is 8.61. The molecule has 3 N–H and O–H groups in total. The number of nitrogens with zero attached hydrogens (tertiary/aromatic N) is 2. The maximum Gasteiger partial charge on any atom is 0.0951 e. The van der Waals surface area contributed by atoms with Gasteiger partial charge in [0.05, 0.1) is 11.2 Å². The Morgan fingerprint density at radius 1 is 1.33 bits per heavy atom. The Kier molecular flexibility index (Phi) is 3.99. The van der Waals surface area contributed by atoms with Crippen LogP contribution in [-0.2, 0) is 0 Å². The molecule has 96 valence electrons. The second-order valence-corrected chi connectivity index (χ2v) is 4.42. The molecule has 0 spiro atoms. The third-order valence-electron chi connectivity index (χ3n) is 3.15. The molecule has 0 atom stereocenters. The maximum absolute atomic E-state index is 5.93. The summed E-state index contributed by atoms with van der Waals surface area (Å²) in [6.45, 7) is 5.15. The van der Waals surface area contributed by atoms with Gasteiger partial charge < -0.3 is 16.0 Å². The van der Waals surface area contributed by atoms with Crippen LogP contribution in [0.1, 0.15) is 6.92 Å². The smallest absolute Gasteiger partial charge is 0.0951 e. The molecule has 18 heavy (non-hydrogen) atoms. The van der Waals surface area contributed by atoms with Gasteiger partial charge in [-0.05, 0) is 25.7 Å². The van der Waals surface area contributed by atoms with Crippen molar-refractivity contribution in [1.82, 2.24) is 9.88 Å². The molecule has 0 bridgehead atoms. The molecule has 1 aromatic carbocycles. The Morgan fingerprint density at radius 2 is 2.17 bits per heavy atom. The number of hydrogen-bond donors (Lipinski definition) is 2. The second-order valence-electron chi connectivity index (χ2n) is 4.42. The van der Waals surface area contributed by atoms with Gasteiger partial charge in [0.25, 0.3) is 0 Å². The third-order valence-corrected chi connectivity index (χ3v) is 3.15. The number of fused-ring (bicyclic) bond motifs is 1. The summed E-state index contributed by atoms with van der Waals surface area (Å²) in [5, 5.41) is 4.52. The highest BCUT2D eigenvalue weighted by Crippen LogP contribution is 2.25. The molecule has 0 saturated carbocycles. The number of para-hydroxylation sites is 1. The summed E-state index contributed by atoms with van der Waals surface area (Å²) in [6.07, 6.45) is 1.80. The summed E-state index contributed by atoms with van der Waals surface area (Å²) in [7, 11) is 2.12. The van der Waals surface area contributed by atoms with Crippen molar-refractivity contribution in [2.75, 3.05) is 37.7 Å². The molecule has 0 radical (unpaired) electrons. The molecular weight excluding hydrogens is 224 g/mol. The Balaban J connectivity index is 2.16. The van der Waals surface area contributed by atoms with Gasteiger partial charge in [-0.25, -0.2) is 0 Å². The number of nitrogens with two attached hydrogens (primary N) is 1. The van der Waals surface area contributed by atoms with Crippen LogP contribution in [0.5, 0.6) is 0 Å². The van der Waals surface area contributed by atoms with E-state index in [1.54, 1.807) is 6.20 Å². The number of aromatic nitrogens is 1. The molecule has 1 heterocycles. The van der Waals surface area contributed by atoms with Gasteiger partial charge in [-0.3, -0.25) is 4.98 Å². The first kappa shape index (κ1) is 12.6. The van der Waals surface area contributed by atoms with Gasteiger partial charge in [0.15, 0.2) is 0 Å². The van der Waals surface area contributed by atoms with E-state index in [-0.39, 0.29) is 0 Å². The highest BCUT2D eigenvalue weighted by Gasteiger charge is 2.03. The number of nitrogens with one attached hydrogen (secondary N) is 1. The molecule has 0 unspecified atom stereocenters. The summed E-state index contributed by atoms with van der Waals surface area (Å²) in [4.78, 5) is 6.59. The predicted molar refractivity (Wildman–Crippen MR) is 77.8 cm³/mol. The molecule has 0 aliphatic carbocycles. The van der Waals surface area contributed by atoms with Crippen molar-refractivity contribution < 1.29 is 0 Å². The van der Waals surface area contributed by atoms with Gasteiger partial charge in [0.1, 0.15) is 0 Å². The van der Waals surface area contributed by atoms with Crippen molar-refractivity contribution in [3.63, 3.8) is 0 Å². The van der Waals surface area contributed by atoms with Crippen LogP contribution >= 0.6 is 0 Å². The Bertz CT molecular complexity index is 524. The van der Waals surface area contributed by atoms with E-state index in [2.05, 4.69) is 29.2 Å². The minimum Gasteiger partial charge on any atom is -0.397 e. The number of benzene rings is 1. The monoisotopic (exact) mass is 244 g/mol. The van der Waals surface area contributed by atoms with Crippen LogP contribution in [0.2, 0.25) is 0 Å². The second kappa shape index (κ2) is 5.69. The molecule has 2 rings (SSSR count). The van der Waals surface area contributed by atoms with Gasteiger partial charge in [-0.2, -0.15) is 0 Å². The van der Waals surface area contributed by atoms with Crippen molar-refractivity contribution in [3.05, 3.63) is 30.5 Å². The van der Waals surface area contributed by atoms with E-state index in [0.29, 0.717) is 0 Å². The number of pyridine rings is 1. The summed E-state index contributed by atoms with van der Waals surface area (Å²) < 4.78 is 0. The first-order valence-corrected chi connectivity index (χ1v) is 6.28. The lowest BCUT2D eigenvalue weighted by Gasteiger charge is -2.15. The minimum atomic E-state index is 0.724. The molecule has 0 amide bonds. The zero-order chi connectivity index (χ0) is 13.0. The number of likely N-dealkylation sites (N-methyl/N-ethyl adjacent to an activating group) is 1. The lowest BCUT2D eigenvalue weighted by Crippen LogP contribution is -2.24. The number of nitrogen functional groups attached to an aromatic ring is 1. The average Bonchev–Trinajstić information content (AvgIpc) is 2.39. The number of rotatable bonds is 5. The number of hydrogen-bond acceptors (Lipinski definition) is 4. The number of anilines is 2. The van der Waals surface area contributed by atoms with Gasteiger partial charge in [0.2, 0.25) is 0 Å². The van der Waals surface area contributed by atoms with E-state index < -0.39 is 0 Å². The maximum atomic E-state index is 5.93. The molecule has 4 heteroatoms. The summed E-state index contributed by atoms with van der Waals surface area (Å²) in [5.74, 6) is 0. The Morgan fingerprint density at radius 3 is 2.94 bits per heavy atom. The largest absolute Gasteiger partial charge is 0.397 e. The van der Waals surface area contributed by atoms with Crippen LogP contribution in [0.15, 0.2) is 30.5 Å². The van der Waals surface area contributed by atoms with Crippen molar-refractivity contribution >= 4 is 22.3 Å². The topological polar surface area (TPSA) is 54.2 Å². The SMILES string of the molecule is CCN(C)CCNc1ccnc2c(N)cccc12. The zero-order valence-electron chi connectivity index (χ0n) is 11.0. The predicted octanol–water partition coefficient (Wildman–Crippen LogP) is 2.18. The van der Waals surface area contributed by atoms with Crippen LogP contribution in [0.4, 0.5) is 11.4 Å². The Labute approximate surface area is 108 Å². The Hall–Kier alpha value is -1.81.